The van der Waals surface area contributed by atoms with Gasteiger partial charge in [-0.3, -0.25) is 14.5 Å². The Labute approximate surface area is 315 Å². The van der Waals surface area contributed by atoms with E-state index in [4.69, 9.17) is 4.74 Å². The number of benzene rings is 3. The number of carboxylic acids is 1. The molecular formula is C40H47N7O7. The predicted octanol–water partition coefficient (Wildman–Crippen LogP) is 4.59. The lowest BCUT2D eigenvalue weighted by atomic mass is 9.99. The van der Waals surface area contributed by atoms with Crippen molar-refractivity contribution in [2.45, 2.75) is 26.4 Å². The number of urea groups is 1. The molecule has 0 radical (unpaired) electrons. The molecular weight excluding hydrogens is 690 g/mol. The number of carbonyl (C=O) groups is 5. The minimum Gasteiger partial charge on any atom is -0.478 e. The van der Waals surface area contributed by atoms with Crippen molar-refractivity contribution < 1.29 is 33.8 Å². The Morgan fingerprint density at radius 3 is 2.06 bits per heavy atom. The van der Waals surface area contributed by atoms with Gasteiger partial charge in [-0.05, 0) is 69.8 Å². The number of anilines is 3. The maximum atomic E-state index is 14.6. The molecule has 284 valence electrons. The summed E-state index contributed by atoms with van der Waals surface area (Å²) in [5, 5.41) is 13.3. The molecule has 2 fully saturated rings. The topological polar surface area (TPSA) is 146 Å². The summed E-state index contributed by atoms with van der Waals surface area (Å²) in [6.45, 7) is 9.89. The molecule has 3 aliphatic heterocycles. The molecule has 5 amide bonds. The minimum atomic E-state index is -1.20. The molecule has 3 aromatic carbocycles. The number of hydrogen-bond donors (Lipinski definition) is 2. The molecule has 54 heavy (non-hydrogen) atoms. The van der Waals surface area contributed by atoms with E-state index in [1.807, 2.05) is 54.6 Å². The van der Waals surface area contributed by atoms with Gasteiger partial charge in [-0.15, -0.1) is 0 Å². The standard InChI is InChI=1S/C40H47N7O7/c1-40(2,3)54-39(53)46-23-21-45(22-24-46)38(52)47-32-25-28(37(50)51)11-16-31(32)34(36(47)49)35(27-9-7-6-8-10-27)41-29-12-14-30(15-13-29)43(5)33(48)26-44-19-17-42(4)18-20-44/h6-16,25,41H,17-24,26H2,1-5H3,(H,50,51). The predicted molar refractivity (Wildman–Crippen MR) is 206 cm³/mol. The number of piperazine rings is 2. The number of nitrogens with one attached hydrogen (secondary N) is 1. The first-order valence-electron chi connectivity index (χ1n) is 18.0. The number of likely N-dealkylation sites (N-methyl/N-ethyl adjacent to an activating group) is 2. The van der Waals surface area contributed by atoms with Gasteiger partial charge in [0.15, 0.2) is 0 Å². The molecule has 0 atom stereocenters. The summed E-state index contributed by atoms with van der Waals surface area (Å²) in [5.41, 5.74) is 2.41. The number of fused-ring (bicyclic) bond motifs is 1. The maximum absolute atomic E-state index is 14.6. The molecule has 0 aromatic heterocycles. The van der Waals surface area contributed by atoms with E-state index in [1.165, 1.54) is 21.9 Å². The fourth-order valence-corrected chi connectivity index (χ4v) is 6.62. The van der Waals surface area contributed by atoms with Crippen LogP contribution in [0.4, 0.5) is 26.7 Å². The lowest BCUT2D eigenvalue weighted by Gasteiger charge is -2.36. The highest BCUT2D eigenvalue weighted by molar-refractivity contribution is 6.44. The number of carbonyl (C=O) groups excluding carboxylic acids is 4. The van der Waals surface area contributed by atoms with Gasteiger partial charge in [-0.2, -0.15) is 0 Å². The summed E-state index contributed by atoms with van der Waals surface area (Å²) in [7, 11) is 3.83. The van der Waals surface area contributed by atoms with Crippen LogP contribution in [0.15, 0.2) is 72.8 Å². The van der Waals surface area contributed by atoms with E-state index in [0.717, 1.165) is 31.1 Å². The smallest absolute Gasteiger partial charge is 0.410 e. The highest BCUT2D eigenvalue weighted by atomic mass is 16.6. The summed E-state index contributed by atoms with van der Waals surface area (Å²) in [4.78, 5) is 76.7. The number of hydrogen-bond acceptors (Lipinski definition) is 9. The Morgan fingerprint density at radius 1 is 0.815 bits per heavy atom. The van der Waals surface area contributed by atoms with Crippen molar-refractivity contribution in [2.75, 3.05) is 88.1 Å². The van der Waals surface area contributed by atoms with Crippen molar-refractivity contribution in [3.63, 3.8) is 0 Å². The third-order valence-electron chi connectivity index (χ3n) is 9.73. The maximum Gasteiger partial charge on any atom is 0.410 e. The summed E-state index contributed by atoms with van der Waals surface area (Å²) in [6, 6.07) is 20.2. The van der Waals surface area contributed by atoms with E-state index >= 15 is 0 Å². The van der Waals surface area contributed by atoms with Crippen molar-refractivity contribution in [3.8, 4) is 0 Å². The van der Waals surface area contributed by atoms with Crippen molar-refractivity contribution >= 4 is 58.2 Å². The van der Waals surface area contributed by atoms with Gasteiger partial charge in [0.05, 0.1) is 29.1 Å². The van der Waals surface area contributed by atoms with Crippen LogP contribution in [-0.2, 0) is 14.3 Å². The van der Waals surface area contributed by atoms with Crippen LogP contribution in [0.25, 0.3) is 11.3 Å². The van der Waals surface area contributed by atoms with Gasteiger partial charge < -0.3 is 34.8 Å². The van der Waals surface area contributed by atoms with Crippen molar-refractivity contribution in [1.82, 2.24) is 19.6 Å². The fraction of sp³-hybridized carbons (Fsp3) is 0.375. The molecule has 3 aromatic rings. The van der Waals surface area contributed by atoms with E-state index in [-0.39, 0.29) is 48.9 Å². The normalized spacial score (nSPS) is 17.6. The number of carboxylic acid groups (broad SMARTS) is 1. The van der Waals surface area contributed by atoms with E-state index in [9.17, 15) is 29.1 Å². The number of amides is 5. The van der Waals surface area contributed by atoms with E-state index in [1.54, 1.807) is 38.8 Å². The number of nitrogens with zero attached hydrogens (tertiary/aromatic N) is 6. The van der Waals surface area contributed by atoms with Crippen LogP contribution in [0.2, 0.25) is 0 Å². The first kappa shape index (κ1) is 38.0. The molecule has 0 spiro atoms. The van der Waals surface area contributed by atoms with Gasteiger partial charge in [-0.1, -0.05) is 36.4 Å². The van der Waals surface area contributed by atoms with Crippen LogP contribution in [0, 0.1) is 0 Å². The van der Waals surface area contributed by atoms with Crippen LogP contribution in [0.5, 0.6) is 0 Å². The second-order valence-electron chi connectivity index (χ2n) is 14.7. The Hall–Kier alpha value is -5.73. The second kappa shape index (κ2) is 15.7. The van der Waals surface area contributed by atoms with Crippen LogP contribution in [0.3, 0.4) is 0 Å². The molecule has 0 unspecified atom stereocenters. The molecule has 0 saturated carbocycles. The van der Waals surface area contributed by atoms with Crippen molar-refractivity contribution in [1.29, 1.82) is 0 Å². The van der Waals surface area contributed by atoms with E-state index < -0.39 is 29.6 Å². The summed E-state index contributed by atoms with van der Waals surface area (Å²) < 4.78 is 5.49. The lowest BCUT2D eigenvalue weighted by molar-refractivity contribution is -0.119. The first-order chi connectivity index (χ1) is 25.7. The fourth-order valence-electron chi connectivity index (χ4n) is 6.62. The van der Waals surface area contributed by atoms with Gasteiger partial charge in [0.1, 0.15) is 5.60 Å². The molecule has 6 rings (SSSR count). The zero-order valence-electron chi connectivity index (χ0n) is 31.4. The molecule has 2 saturated heterocycles. The van der Waals surface area contributed by atoms with Crippen molar-refractivity contribution in [3.05, 3.63) is 89.5 Å². The largest absolute Gasteiger partial charge is 0.478 e. The average molecular weight is 738 g/mol. The van der Waals surface area contributed by atoms with Gasteiger partial charge in [0, 0.05) is 76.3 Å². The van der Waals surface area contributed by atoms with Gasteiger partial charge >= 0.3 is 18.1 Å². The number of aromatic carboxylic acids is 1. The van der Waals surface area contributed by atoms with Gasteiger partial charge in [0.2, 0.25) is 5.91 Å². The highest BCUT2D eigenvalue weighted by Crippen LogP contribution is 2.42. The summed E-state index contributed by atoms with van der Waals surface area (Å²) >= 11 is 0. The third kappa shape index (κ3) is 8.40. The van der Waals surface area contributed by atoms with Gasteiger partial charge in [-0.25, -0.2) is 19.3 Å². The molecule has 3 aliphatic rings. The van der Waals surface area contributed by atoms with Crippen molar-refractivity contribution in [2.24, 2.45) is 0 Å². The minimum absolute atomic E-state index is 0.0164. The SMILES string of the molecule is CN1CCN(CC(=O)N(C)c2ccc(NC(=C3C(=O)N(C(=O)N4CCN(C(=O)OC(C)(C)C)CC4)c4cc(C(=O)O)ccc43)c3ccccc3)cc2)CC1. The molecule has 14 heteroatoms. The van der Waals surface area contributed by atoms with Crippen LogP contribution >= 0.6 is 0 Å². The zero-order chi connectivity index (χ0) is 38.7. The molecule has 0 bridgehead atoms. The van der Waals surface area contributed by atoms with Crippen LogP contribution in [-0.4, -0.2) is 133 Å². The summed E-state index contributed by atoms with van der Waals surface area (Å²) in [6.07, 6.45) is -0.482. The number of ether oxygens (including phenoxy) is 1. The molecule has 2 N–H and O–H groups in total. The first-order valence-corrected chi connectivity index (χ1v) is 18.0. The Morgan fingerprint density at radius 2 is 1.44 bits per heavy atom. The van der Waals surface area contributed by atoms with Crippen LogP contribution in [0.1, 0.15) is 42.3 Å². The van der Waals surface area contributed by atoms with E-state index in [2.05, 4.69) is 22.2 Å². The molecule has 3 heterocycles. The Kier molecular flexibility index (Phi) is 11.1. The van der Waals surface area contributed by atoms with Crippen LogP contribution < -0.4 is 15.1 Å². The van der Waals surface area contributed by atoms with Gasteiger partial charge in [0.25, 0.3) is 5.91 Å². The third-order valence-corrected chi connectivity index (χ3v) is 9.73. The second-order valence-corrected chi connectivity index (χ2v) is 14.7. The molecule has 0 aliphatic carbocycles. The quantitative estimate of drug-likeness (QED) is 0.330. The summed E-state index contributed by atoms with van der Waals surface area (Å²) in [5.74, 6) is -1.84. The number of imide groups is 1. The monoisotopic (exact) mass is 737 g/mol. The van der Waals surface area contributed by atoms with E-state index in [0.29, 0.717) is 34.7 Å². The number of rotatable bonds is 7. The Bertz CT molecular complexity index is 1940. The lowest BCUT2D eigenvalue weighted by Crippen LogP contribution is -2.55. The molecule has 14 nitrogen and oxygen atoms in total. The highest BCUT2D eigenvalue weighted by Gasteiger charge is 2.42. The Balaban J connectivity index is 1.29. The average Bonchev–Trinajstić information content (AvgIpc) is 3.44. The zero-order valence-corrected chi connectivity index (χ0v) is 31.4.